The molecule has 2 aromatic rings. The summed E-state index contributed by atoms with van der Waals surface area (Å²) in [6.45, 7) is 1.90. The van der Waals surface area contributed by atoms with E-state index in [2.05, 4.69) is 15.5 Å². The zero-order chi connectivity index (χ0) is 15.2. The Morgan fingerprint density at radius 1 is 1.33 bits per heavy atom. The van der Waals surface area contributed by atoms with Crippen LogP contribution in [0.2, 0.25) is 5.02 Å². The smallest absolute Gasteiger partial charge is 0.329 e. The highest BCUT2D eigenvalue weighted by atomic mass is 35.5. The van der Waals surface area contributed by atoms with Crippen molar-refractivity contribution in [3.8, 4) is 0 Å². The normalized spacial score (nSPS) is 10.2. The standard InChI is InChI=1S/C13H13ClN4O3/c1-2-21-12(19)8-18-15-7-11(17-18)16-13(20)9-3-5-10(14)6-4-9/h3-7H,2,8H2,1H3,(H,16,17,20). The van der Waals surface area contributed by atoms with Gasteiger partial charge in [0.1, 0.15) is 0 Å². The van der Waals surface area contributed by atoms with Crippen molar-refractivity contribution >= 4 is 29.3 Å². The minimum absolute atomic E-state index is 0.106. The Hall–Kier alpha value is -2.41. The molecular formula is C13H13ClN4O3. The molecular weight excluding hydrogens is 296 g/mol. The third-order valence-corrected chi connectivity index (χ3v) is 2.71. The van der Waals surface area contributed by atoms with E-state index in [0.717, 1.165) is 4.80 Å². The van der Waals surface area contributed by atoms with E-state index in [1.54, 1.807) is 31.2 Å². The number of nitrogens with zero attached hydrogens (tertiary/aromatic N) is 3. The van der Waals surface area contributed by atoms with Gasteiger partial charge in [-0.05, 0) is 31.2 Å². The second-order valence-electron chi connectivity index (χ2n) is 4.03. The Kier molecular flexibility index (Phi) is 4.89. The van der Waals surface area contributed by atoms with Gasteiger partial charge in [-0.1, -0.05) is 11.6 Å². The lowest BCUT2D eigenvalue weighted by molar-refractivity contribution is -0.144. The number of nitrogens with one attached hydrogen (secondary N) is 1. The summed E-state index contributed by atoms with van der Waals surface area (Å²) in [5, 5.41) is 11.0. The van der Waals surface area contributed by atoms with E-state index >= 15 is 0 Å². The number of ether oxygens (including phenoxy) is 1. The summed E-state index contributed by atoms with van der Waals surface area (Å²) in [5.74, 6) is -0.530. The van der Waals surface area contributed by atoms with E-state index in [4.69, 9.17) is 16.3 Å². The predicted octanol–water partition coefficient (Wildman–Crippen LogP) is 1.75. The average molecular weight is 309 g/mol. The van der Waals surface area contributed by atoms with Crippen LogP contribution in [0.4, 0.5) is 5.82 Å². The summed E-state index contributed by atoms with van der Waals surface area (Å²) in [6, 6.07) is 6.43. The van der Waals surface area contributed by atoms with E-state index in [0.29, 0.717) is 17.2 Å². The molecule has 21 heavy (non-hydrogen) atoms. The van der Waals surface area contributed by atoms with E-state index in [-0.39, 0.29) is 18.3 Å². The van der Waals surface area contributed by atoms with Crippen LogP contribution >= 0.6 is 11.6 Å². The van der Waals surface area contributed by atoms with Crippen LogP contribution in [0, 0.1) is 0 Å². The second kappa shape index (κ2) is 6.85. The molecule has 0 spiro atoms. The highest BCUT2D eigenvalue weighted by Gasteiger charge is 2.10. The van der Waals surface area contributed by atoms with Gasteiger partial charge in [0, 0.05) is 10.6 Å². The van der Waals surface area contributed by atoms with E-state index in [1.165, 1.54) is 6.20 Å². The summed E-state index contributed by atoms with van der Waals surface area (Å²) in [5.41, 5.74) is 0.444. The zero-order valence-corrected chi connectivity index (χ0v) is 12.0. The van der Waals surface area contributed by atoms with Gasteiger partial charge in [-0.15, -0.1) is 5.10 Å². The summed E-state index contributed by atoms with van der Waals surface area (Å²) in [7, 11) is 0. The van der Waals surface area contributed by atoms with E-state index < -0.39 is 5.97 Å². The molecule has 0 aliphatic rings. The SMILES string of the molecule is CCOC(=O)Cn1ncc(NC(=O)c2ccc(Cl)cc2)n1. The van der Waals surface area contributed by atoms with Gasteiger partial charge in [0.25, 0.3) is 5.91 Å². The molecule has 0 bridgehead atoms. The van der Waals surface area contributed by atoms with Crippen molar-refractivity contribution in [3.05, 3.63) is 41.0 Å². The maximum Gasteiger partial charge on any atom is 0.329 e. The molecule has 0 aliphatic heterocycles. The summed E-state index contributed by atoms with van der Waals surface area (Å²) in [6.07, 6.45) is 1.35. The molecule has 110 valence electrons. The number of anilines is 1. The third-order valence-electron chi connectivity index (χ3n) is 2.46. The second-order valence-corrected chi connectivity index (χ2v) is 4.46. The summed E-state index contributed by atoms with van der Waals surface area (Å²) in [4.78, 5) is 24.4. The fourth-order valence-corrected chi connectivity index (χ4v) is 1.67. The Bertz CT molecular complexity index is 639. The number of carbonyl (C=O) groups excluding carboxylic acids is 2. The van der Waals surface area contributed by atoms with Crippen molar-refractivity contribution in [3.63, 3.8) is 0 Å². The molecule has 1 amide bonds. The van der Waals surface area contributed by atoms with Crippen molar-refractivity contribution in [1.29, 1.82) is 0 Å². The molecule has 0 radical (unpaired) electrons. The van der Waals surface area contributed by atoms with Gasteiger partial charge in [-0.2, -0.15) is 9.90 Å². The number of esters is 1. The van der Waals surface area contributed by atoms with Crippen LogP contribution in [0.5, 0.6) is 0 Å². The van der Waals surface area contributed by atoms with Crippen LogP contribution in [0.25, 0.3) is 0 Å². The first-order valence-corrected chi connectivity index (χ1v) is 6.59. The van der Waals surface area contributed by atoms with Crippen LogP contribution in [0.3, 0.4) is 0 Å². The van der Waals surface area contributed by atoms with E-state index in [1.807, 2.05) is 0 Å². The lowest BCUT2D eigenvalue weighted by atomic mass is 10.2. The average Bonchev–Trinajstić information content (AvgIpc) is 2.86. The largest absolute Gasteiger partial charge is 0.465 e. The van der Waals surface area contributed by atoms with Gasteiger partial charge < -0.3 is 10.1 Å². The highest BCUT2D eigenvalue weighted by Crippen LogP contribution is 2.11. The number of aromatic nitrogens is 3. The minimum Gasteiger partial charge on any atom is -0.465 e. The third kappa shape index (κ3) is 4.28. The maximum absolute atomic E-state index is 11.9. The lowest BCUT2D eigenvalue weighted by Crippen LogP contribution is -2.16. The quantitative estimate of drug-likeness (QED) is 0.850. The van der Waals surface area contributed by atoms with Gasteiger partial charge in [0.2, 0.25) is 0 Å². The fourth-order valence-electron chi connectivity index (χ4n) is 1.54. The van der Waals surface area contributed by atoms with Crippen LogP contribution in [-0.4, -0.2) is 33.5 Å². The number of carbonyl (C=O) groups is 2. The number of amides is 1. The first-order chi connectivity index (χ1) is 10.1. The number of hydrogen-bond donors (Lipinski definition) is 1. The maximum atomic E-state index is 11.9. The van der Waals surface area contributed by atoms with Gasteiger partial charge in [-0.3, -0.25) is 4.79 Å². The highest BCUT2D eigenvalue weighted by molar-refractivity contribution is 6.30. The molecule has 0 saturated heterocycles. The zero-order valence-electron chi connectivity index (χ0n) is 11.2. The van der Waals surface area contributed by atoms with Crippen molar-refractivity contribution in [2.24, 2.45) is 0 Å². The lowest BCUT2D eigenvalue weighted by Gasteiger charge is -2.02. The van der Waals surface area contributed by atoms with Gasteiger partial charge in [-0.25, -0.2) is 4.79 Å². The van der Waals surface area contributed by atoms with Crippen LogP contribution in [0.1, 0.15) is 17.3 Å². The molecule has 1 N–H and O–H groups in total. The Morgan fingerprint density at radius 3 is 2.71 bits per heavy atom. The number of halogens is 1. The molecule has 1 aromatic heterocycles. The Labute approximate surface area is 125 Å². The minimum atomic E-state index is -0.441. The van der Waals surface area contributed by atoms with Crippen LogP contribution < -0.4 is 5.32 Å². The fraction of sp³-hybridized carbons (Fsp3) is 0.231. The van der Waals surface area contributed by atoms with Crippen LogP contribution in [0.15, 0.2) is 30.5 Å². The van der Waals surface area contributed by atoms with Crippen molar-refractivity contribution in [2.45, 2.75) is 13.5 Å². The van der Waals surface area contributed by atoms with Gasteiger partial charge in [0.15, 0.2) is 12.4 Å². The molecule has 1 heterocycles. The molecule has 2 rings (SSSR count). The van der Waals surface area contributed by atoms with Crippen LogP contribution in [-0.2, 0) is 16.1 Å². The topological polar surface area (TPSA) is 86.1 Å². The first-order valence-electron chi connectivity index (χ1n) is 6.21. The molecule has 0 unspecified atom stereocenters. The van der Waals surface area contributed by atoms with Gasteiger partial charge in [0.05, 0.1) is 12.8 Å². The first kappa shape index (κ1) is 15.0. The van der Waals surface area contributed by atoms with Crippen molar-refractivity contribution in [1.82, 2.24) is 15.0 Å². The van der Waals surface area contributed by atoms with E-state index in [9.17, 15) is 9.59 Å². The molecule has 0 saturated carbocycles. The molecule has 0 atom stereocenters. The Morgan fingerprint density at radius 2 is 2.05 bits per heavy atom. The number of hydrogen-bond acceptors (Lipinski definition) is 5. The molecule has 7 nitrogen and oxygen atoms in total. The molecule has 1 aromatic carbocycles. The molecule has 0 aliphatic carbocycles. The number of rotatable bonds is 5. The van der Waals surface area contributed by atoms with Crippen molar-refractivity contribution < 1.29 is 14.3 Å². The summed E-state index contributed by atoms with van der Waals surface area (Å²) < 4.78 is 4.78. The van der Waals surface area contributed by atoms with Crippen molar-refractivity contribution in [2.75, 3.05) is 11.9 Å². The predicted molar refractivity (Wildman–Crippen MR) is 76.1 cm³/mol. The monoisotopic (exact) mass is 308 g/mol. The summed E-state index contributed by atoms with van der Waals surface area (Å²) >= 11 is 5.75. The Balaban J connectivity index is 1.97. The molecule has 8 heteroatoms. The van der Waals surface area contributed by atoms with Gasteiger partial charge >= 0.3 is 5.97 Å². The molecule has 0 fully saturated rings. The number of benzene rings is 1.